The second-order valence-electron chi connectivity index (χ2n) is 3.57. The molecule has 1 aromatic heterocycles. The molecule has 0 saturated heterocycles. The molecular formula is C10H13N3O4S. The first kappa shape index (κ1) is 14.2. The van der Waals surface area contributed by atoms with Crippen LogP contribution in [0.2, 0.25) is 0 Å². The lowest BCUT2D eigenvalue weighted by Crippen LogP contribution is -2.41. The lowest BCUT2D eigenvalue weighted by Gasteiger charge is -2.12. The number of hydrogen-bond donors (Lipinski definition) is 3. The topological polar surface area (TPSA) is 112 Å². The maximum atomic E-state index is 11.2. The van der Waals surface area contributed by atoms with Gasteiger partial charge in [0.05, 0.1) is 0 Å². The third kappa shape index (κ3) is 4.58. The molecule has 0 aromatic carbocycles. The maximum Gasteiger partial charge on any atom is 0.327 e. The van der Waals surface area contributed by atoms with Crippen LogP contribution in [0.4, 0.5) is 0 Å². The number of aromatic amines is 1. The van der Waals surface area contributed by atoms with E-state index in [1.807, 2.05) is 0 Å². The van der Waals surface area contributed by atoms with Crippen LogP contribution in [0.15, 0.2) is 15.9 Å². The molecule has 0 aliphatic carbocycles. The zero-order valence-corrected chi connectivity index (χ0v) is 10.7. The highest BCUT2D eigenvalue weighted by molar-refractivity contribution is 7.99. The van der Waals surface area contributed by atoms with E-state index in [1.165, 1.54) is 13.0 Å². The van der Waals surface area contributed by atoms with Crippen LogP contribution in [-0.2, 0) is 9.59 Å². The van der Waals surface area contributed by atoms with Crippen molar-refractivity contribution < 1.29 is 14.7 Å². The van der Waals surface area contributed by atoms with Gasteiger partial charge in [-0.1, -0.05) is 0 Å². The first-order valence-corrected chi connectivity index (χ1v) is 6.07. The summed E-state index contributed by atoms with van der Waals surface area (Å²) in [6, 6.07) is 0.276. The van der Waals surface area contributed by atoms with Crippen LogP contribution in [0.1, 0.15) is 12.7 Å². The van der Waals surface area contributed by atoms with E-state index in [1.54, 1.807) is 6.92 Å². The van der Waals surface area contributed by atoms with E-state index in [9.17, 15) is 14.4 Å². The van der Waals surface area contributed by atoms with Gasteiger partial charge in [-0.2, -0.15) is 0 Å². The number of nitrogens with one attached hydrogen (secondary N) is 2. The molecule has 0 saturated carbocycles. The molecule has 0 bridgehead atoms. The molecule has 7 nitrogen and oxygen atoms in total. The molecule has 0 spiro atoms. The summed E-state index contributed by atoms with van der Waals surface area (Å²) in [5.74, 6) is -0.987. The van der Waals surface area contributed by atoms with Crippen LogP contribution in [-0.4, -0.2) is 38.7 Å². The molecule has 0 radical (unpaired) electrons. The summed E-state index contributed by atoms with van der Waals surface area (Å²) in [4.78, 5) is 39.4. The molecule has 0 unspecified atom stereocenters. The summed E-state index contributed by atoms with van der Waals surface area (Å²) >= 11 is 1.10. The van der Waals surface area contributed by atoms with Crippen molar-refractivity contribution in [1.29, 1.82) is 0 Å². The van der Waals surface area contributed by atoms with Crippen molar-refractivity contribution in [2.24, 2.45) is 0 Å². The van der Waals surface area contributed by atoms with Crippen LogP contribution in [0.25, 0.3) is 0 Å². The van der Waals surface area contributed by atoms with Crippen LogP contribution < -0.4 is 10.9 Å². The standard InChI is InChI=1S/C10H13N3O4S/c1-5-11-8(15)3-9(12-5)18-4-7(10(16)17)13-6(2)14/h3,7H,4H2,1-2H3,(H,13,14)(H,16,17)(H,11,12,15)/t7-/m0/s1. The second kappa shape index (κ2) is 6.20. The summed E-state index contributed by atoms with van der Waals surface area (Å²) in [5, 5.41) is 11.6. The van der Waals surface area contributed by atoms with E-state index < -0.39 is 17.9 Å². The first-order chi connectivity index (χ1) is 8.38. The van der Waals surface area contributed by atoms with Crippen molar-refractivity contribution in [3.8, 4) is 0 Å². The summed E-state index contributed by atoms with van der Waals surface area (Å²) in [6.07, 6.45) is 0. The quantitative estimate of drug-likeness (QED) is 0.503. The van der Waals surface area contributed by atoms with Crippen LogP contribution in [0, 0.1) is 6.92 Å². The SMILES string of the molecule is CC(=O)N[C@@H](CSc1cc(=O)[nH]c(C)n1)C(=O)O. The Bertz CT molecular complexity index is 514. The summed E-state index contributed by atoms with van der Waals surface area (Å²) < 4.78 is 0. The van der Waals surface area contributed by atoms with Gasteiger partial charge in [0.15, 0.2) is 0 Å². The molecule has 1 amide bonds. The fourth-order valence-corrected chi connectivity index (χ4v) is 2.17. The van der Waals surface area contributed by atoms with Gasteiger partial charge in [-0.25, -0.2) is 9.78 Å². The number of nitrogens with zero attached hydrogens (tertiary/aromatic N) is 1. The van der Waals surface area contributed by atoms with Gasteiger partial charge in [0, 0.05) is 18.7 Å². The van der Waals surface area contributed by atoms with Gasteiger partial charge in [-0.3, -0.25) is 9.59 Å². The molecule has 98 valence electrons. The van der Waals surface area contributed by atoms with Crippen LogP contribution in [0.5, 0.6) is 0 Å². The van der Waals surface area contributed by atoms with Crippen molar-refractivity contribution in [1.82, 2.24) is 15.3 Å². The Balaban J connectivity index is 2.69. The minimum Gasteiger partial charge on any atom is -0.480 e. The lowest BCUT2D eigenvalue weighted by molar-refractivity contribution is -0.140. The average molecular weight is 271 g/mol. The highest BCUT2D eigenvalue weighted by Gasteiger charge is 2.18. The number of rotatable bonds is 5. The third-order valence-electron chi connectivity index (χ3n) is 1.91. The van der Waals surface area contributed by atoms with Crippen molar-refractivity contribution >= 4 is 23.6 Å². The number of amides is 1. The van der Waals surface area contributed by atoms with Gasteiger partial charge in [-0.05, 0) is 6.92 Å². The lowest BCUT2D eigenvalue weighted by atomic mass is 10.3. The third-order valence-corrected chi connectivity index (χ3v) is 2.91. The fraction of sp³-hybridized carbons (Fsp3) is 0.400. The molecule has 1 heterocycles. The van der Waals surface area contributed by atoms with Gasteiger partial charge >= 0.3 is 5.97 Å². The monoisotopic (exact) mass is 271 g/mol. The number of carbonyl (C=O) groups is 2. The highest BCUT2D eigenvalue weighted by atomic mass is 32.2. The van der Waals surface area contributed by atoms with Crippen molar-refractivity contribution in [3.63, 3.8) is 0 Å². The maximum absolute atomic E-state index is 11.2. The fourth-order valence-electron chi connectivity index (χ4n) is 1.21. The molecular weight excluding hydrogens is 258 g/mol. The molecule has 0 aliphatic rings. The zero-order valence-electron chi connectivity index (χ0n) is 9.89. The van der Waals surface area contributed by atoms with Gasteiger partial charge in [0.1, 0.15) is 16.9 Å². The van der Waals surface area contributed by atoms with Crippen molar-refractivity contribution in [3.05, 3.63) is 22.2 Å². The van der Waals surface area contributed by atoms with Crippen molar-refractivity contribution in [2.45, 2.75) is 24.9 Å². The molecule has 8 heteroatoms. The Labute approximate surface area is 107 Å². The first-order valence-electron chi connectivity index (χ1n) is 5.09. The van der Waals surface area contributed by atoms with E-state index in [0.29, 0.717) is 10.9 Å². The van der Waals surface area contributed by atoms with E-state index >= 15 is 0 Å². The molecule has 1 rings (SSSR count). The average Bonchev–Trinajstić information content (AvgIpc) is 2.21. The minimum absolute atomic E-state index is 0.102. The molecule has 18 heavy (non-hydrogen) atoms. The Morgan fingerprint density at radius 2 is 2.28 bits per heavy atom. The highest BCUT2D eigenvalue weighted by Crippen LogP contribution is 2.14. The number of H-pyrrole nitrogens is 1. The number of carbonyl (C=O) groups excluding carboxylic acids is 1. The Kier molecular flexibility index (Phi) is 4.90. The molecule has 3 N–H and O–H groups in total. The Morgan fingerprint density at radius 1 is 1.61 bits per heavy atom. The summed E-state index contributed by atoms with van der Waals surface area (Å²) in [7, 11) is 0. The molecule has 0 fully saturated rings. The number of aromatic nitrogens is 2. The van der Waals surface area contributed by atoms with Gasteiger partial charge < -0.3 is 15.4 Å². The number of carboxylic acid groups (broad SMARTS) is 1. The van der Waals surface area contributed by atoms with E-state index in [2.05, 4.69) is 15.3 Å². The van der Waals surface area contributed by atoms with E-state index in [-0.39, 0.29) is 11.3 Å². The number of aliphatic carboxylic acids is 1. The number of aryl methyl sites for hydroxylation is 1. The van der Waals surface area contributed by atoms with Crippen molar-refractivity contribution in [2.75, 3.05) is 5.75 Å². The molecule has 1 atom stereocenters. The zero-order chi connectivity index (χ0) is 13.7. The van der Waals surface area contributed by atoms with E-state index in [0.717, 1.165) is 11.8 Å². The number of carboxylic acids is 1. The van der Waals surface area contributed by atoms with Gasteiger partial charge in [-0.15, -0.1) is 11.8 Å². The number of thioether (sulfide) groups is 1. The van der Waals surface area contributed by atoms with Crippen LogP contribution in [0.3, 0.4) is 0 Å². The minimum atomic E-state index is -1.13. The summed E-state index contributed by atoms with van der Waals surface area (Å²) in [5.41, 5.74) is -0.295. The predicted molar refractivity (Wildman–Crippen MR) is 65.6 cm³/mol. The van der Waals surface area contributed by atoms with Gasteiger partial charge in [0.25, 0.3) is 5.56 Å². The number of hydrogen-bond acceptors (Lipinski definition) is 5. The largest absolute Gasteiger partial charge is 0.480 e. The normalized spacial score (nSPS) is 11.9. The second-order valence-corrected chi connectivity index (χ2v) is 4.61. The molecule has 0 aliphatic heterocycles. The summed E-state index contributed by atoms with van der Waals surface area (Å²) in [6.45, 7) is 2.88. The Morgan fingerprint density at radius 3 is 2.78 bits per heavy atom. The molecule has 1 aromatic rings. The predicted octanol–water partition coefficient (Wildman–Crippen LogP) is -0.240. The van der Waals surface area contributed by atoms with Gasteiger partial charge in [0.2, 0.25) is 5.91 Å². The smallest absolute Gasteiger partial charge is 0.327 e. The Hall–Kier alpha value is -1.83. The van der Waals surface area contributed by atoms with E-state index in [4.69, 9.17) is 5.11 Å². The van der Waals surface area contributed by atoms with Crippen LogP contribution >= 0.6 is 11.8 Å².